The van der Waals surface area contributed by atoms with Gasteiger partial charge in [0.1, 0.15) is 18.1 Å². The van der Waals surface area contributed by atoms with Crippen molar-refractivity contribution in [3.05, 3.63) is 59.4 Å². The van der Waals surface area contributed by atoms with Crippen molar-refractivity contribution in [3.63, 3.8) is 0 Å². The number of carbonyl (C=O) groups is 1. The van der Waals surface area contributed by atoms with E-state index in [4.69, 9.17) is 6.11 Å². The molecule has 3 rings (SSSR count). The minimum atomic E-state index is -0.614. The molecule has 1 fully saturated rings. The van der Waals surface area contributed by atoms with E-state index in [1.807, 2.05) is 50.2 Å². The van der Waals surface area contributed by atoms with E-state index < -0.39 is 5.89 Å². The van der Waals surface area contributed by atoms with Crippen molar-refractivity contribution in [2.24, 2.45) is 5.92 Å². The van der Waals surface area contributed by atoms with Gasteiger partial charge < -0.3 is 4.74 Å². The predicted octanol–water partition coefficient (Wildman–Crippen LogP) is 4.38. The first kappa shape index (κ1) is 13.5. The molecule has 114 valence electrons. The van der Waals surface area contributed by atoms with Gasteiger partial charge in [0, 0.05) is 7.29 Å². The van der Waals surface area contributed by atoms with Crippen LogP contribution in [-0.2, 0) is 6.61 Å². The van der Waals surface area contributed by atoms with Crippen molar-refractivity contribution in [1.82, 2.24) is 4.98 Å². The molecule has 1 aromatic heterocycles. The molecule has 0 bridgehead atoms. The third-order valence-corrected chi connectivity index (χ3v) is 3.83. The Labute approximate surface area is 132 Å². The van der Waals surface area contributed by atoms with E-state index in [1.165, 1.54) is 0 Å². The average molecular weight is 296 g/mol. The molecule has 1 aliphatic carbocycles. The summed E-state index contributed by atoms with van der Waals surface area (Å²) in [6.45, 7) is 4.04. The summed E-state index contributed by atoms with van der Waals surface area (Å²) in [5.41, 5.74) is 2.24. The Morgan fingerprint density at radius 1 is 1.27 bits per heavy atom. The molecule has 0 N–H and O–H groups in total. The second-order valence-corrected chi connectivity index (χ2v) is 5.97. The van der Waals surface area contributed by atoms with Crippen LogP contribution in [0.3, 0.4) is 0 Å². The van der Waals surface area contributed by atoms with Crippen LogP contribution in [0.1, 0.15) is 55.7 Å². The molecule has 0 aliphatic heterocycles. The molecule has 1 saturated carbocycles. The maximum Gasteiger partial charge on any atom is 0.184 e. The van der Waals surface area contributed by atoms with Crippen molar-refractivity contribution >= 4 is 5.78 Å². The average Bonchev–Trinajstić information content (AvgIpc) is 3.37. The largest absolute Gasteiger partial charge is 0.487 e. The number of ketones is 1. The zero-order chi connectivity index (χ0) is 16.4. The summed E-state index contributed by atoms with van der Waals surface area (Å²) >= 11 is 0. The fraction of sp³-hybridized carbons (Fsp3) is 0.368. The maximum atomic E-state index is 12.0. The molecule has 3 nitrogen and oxygen atoms in total. The summed E-state index contributed by atoms with van der Waals surface area (Å²) < 4.78 is 13.7. The quantitative estimate of drug-likeness (QED) is 0.743. The summed E-state index contributed by atoms with van der Waals surface area (Å²) in [4.78, 5) is 16.4. The van der Waals surface area contributed by atoms with Crippen LogP contribution in [-0.4, -0.2) is 10.8 Å². The van der Waals surface area contributed by atoms with Crippen LogP contribution in [0.4, 0.5) is 0 Å². The van der Waals surface area contributed by atoms with Gasteiger partial charge in [0.2, 0.25) is 0 Å². The molecule has 0 saturated heterocycles. The third kappa shape index (κ3) is 3.53. The van der Waals surface area contributed by atoms with Gasteiger partial charge in [-0.25, -0.2) is 4.98 Å². The highest BCUT2D eigenvalue weighted by molar-refractivity contribution is 5.97. The Balaban J connectivity index is 1.64. The van der Waals surface area contributed by atoms with E-state index in [1.54, 1.807) is 6.07 Å². The molecule has 1 heterocycles. The number of hydrogen-bond donors (Lipinski definition) is 0. The maximum absolute atomic E-state index is 12.0. The van der Waals surface area contributed by atoms with Crippen LogP contribution in [0.15, 0.2) is 42.5 Å². The smallest absolute Gasteiger partial charge is 0.184 e. The molecular formula is C19H21NO2. The van der Waals surface area contributed by atoms with Crippen molar-refractivity contribution in [2.75, 3.05) is 0 Å². The van der Waals surface area contributed by atoms with E-state index in [9.17, 15) is 4.79 Å². The number of nitrogens with zero attached hydrogens (tertiary/aromatic N) is 1. The zero-order valence-electron chi connectivity index (χ0n) is 14.0. The number of ether oxygens (including phenoxy) is 1. The van der Waals surface area contributed by atoms with E-state index in [-0.39, 0.29) is 11.7 Å². The van der Waals surface area contributed by atoms with Gasteiger partial charge in [-0.1, -0.05) is 32.0 Å². The molecule has 0 atom stereocenters. The monoisotopic (exact) mass is 296 g/mol. The Kier molecular flexibility index (Phi) is 3.87. The standard InChI is InChI=1S/C19H21NO2/c1-13(2)14-8-10-17(11-9-14)22-12-16-4-3-5-18(20-16)19(21)15-6-7-15/h3-5,8-11,13,15H,6-7,12H2,1-2H3/i13D. The molecule has 1 aliphatic rings. The van der Waals surface area contributed by atoms with E-state index >= 15 is 0 Å². The van der Waals surface area contributed by atoms with Crippen LogP contribution in [0, 0.1) is 5.92 Å². The summed E-state index contributed by atoms with van der Waals surface area (Å²) in [6, 6.07) is 13.0. The third-order valence-electron chi connectivity index (χ3n) is 3.83. The number of rotatable bonds is 6. The summed E-state index contributed by atoms with van der Waals surface area (Å²) in [5, 5.41) is 0. The first-order chi connectivity index (χ1) is 10.9. The number of pyridine rings is 1. The van der Waals surface area contributed by atoms with Crippen molar-refractivity contribution in [2.45, 2.75) is 39.2 Å². The molecule has 0 unspecified atom stereocenters. The van der Waals surface area contributed by atoms with Crippen molar-refractivity contribution in [3.8, 4) is 5.75 Å². The molecular weight excluding hydrogens is 274 g/mol. The SMILES string of the molecule is [2H]C(C)(C)c1ccc(OCc2cccc(C(=O)C3CC3)n2)cc1. The Hall–Kier alpha value is -2.16. The minimum Gasteiger partial charge on any atom is -0.487 e. The van der Waals surface area contributed by atoms with Gasteiger partial charge in [0.05, 0.1) is 5.69 Å². The van der Waals surface area contributed by atoms with Crippen LogP contribution in [0.25, 0.3) is 0 Å². The predicted molar refractivity (Wildman–Crippen MR) is 86.2 cm³/mol. The highest BCUT2D eigenvalue weighted by atomic mass is 16.5. The number of Topliss-reactive ketones (excluding diaryl/α,β-unsaturated/α-hetero) is 1. The van der Waals surface area contributed by atoms with Gasteiger partial charge in [0.25, 0.3) is 0 Å². The van der Waals surface area contributed by atoms with Gasteiger partial charge in [-0.05, 0) is 48.6 Å². The lowest BCUT2D eigenvalue weighted by molar-refractivity contribution is 0.0962. The van der Waals surface area contributed by atoms with E-state index in [2.05, 4.69) is 4.98 Å². The van der Waals surface area contributed by atoms with Crippen molar-refractivity contribution in [1.29, 1.82) is 0 Å². The van der Waals surface area contributed by atoms with Crippen molar-refractivity contribution < 1.29 is 10.9 Å². The number of hydrogen-bond acceptors (Lipinski definition) is 3. The molecule has 3 heteroatoms. The van der Waals surface area contributed by atoms with Gasteiger partial charge >= 0.3 is 0 Å². The lowest BCUT2D eigenvalue weighted by Gasteiger charge is -2.09. The Morgan fingerprint density at radius 2 is 2.00 bits per heavy atom. The van der Waals surface area contributed by atoms with Gasteiger partial charge in [-0.3, -0.25) is 4.79 Å². The molecule has 0 spiro atoms. The first-order valence-corrected chi connectivity index (χ1v) is 7.67. The lowest BCUT2D eigenvalue weighted by atomic mass is 10.0. The highest BCUT2D eigenvalue weighted by Crippen LogP contribution is 2.32. The number of aromatic nitrogens is 1. The molecule has 1 aromatic carbocycles. The summed E-state index contributed by atoms with van der Waals surface area (Å²) in [6.07, 6.45) is 1.97. The zero-order valence-corrected chi connectivity index (χ0v) is 13.0. The van der Waals surface area contributed by atoms with Crippen LogP contribution >= 0.6 is 0 Å². The first-order valence-electron chi connectivity index (χ1n) is 8.17. The van der Waals surface area contributed by atoms with Gasteiger partial charge in [-0.15, -0.1) is 0 Å². The fourth-order valence-electron chi connectivity index (χ4n) is 2.29. The summed E-state index contributed by atoms with van der Waals surface area (Å²) in [7, 11) is 0. The topological polar surface area (TPSA) is 39.2 Å². The lowest BCUT2D eigenvalue weighted by Crippen LogP contribution is -2.07. The van der Waals surface area contributed by atoms with Crippen LogP contribution in [0.2, 0.25) is 0 Å². The Bertz CT molecular complexity index is 700. The number of carbonyl (C=O) groups excluding carboxylic acids is 1. The molecule has 0 amide bonds. The van der Waals surface area contributed by atoms with E-state index in [0.29, 0.717) is 12.3 Å². The second-order valence-electron chi connectivity index (χ2n) is 5.97. The number of benzene rings is 1. The van der Waals surface area contributed by atoms with E-state index in [0.717, 1.165) is 29.8 Å². The molecule has 22 heavy (non-hydrogen) atoms. The van der Waals surface area contributed by atoms with Crippen LogP contribution in [0.5, 0.6) is 5.75 Å². The minimum absolute atomic E-state index is 0.147. The van der Waals surface area contributed by atoms with Gasteiger partial charge in [0.15, 0.2) is 5.78 Å². The normalized spacial score (nSPS) is 15.3. The second kappa shape index (κ2) is 6.30. The van der Waals surface area contributed by atoms with Gasteiger partial charge in [-0.2, -0.15) is 0 Å². The highest BCUT2D eigenvalue weighted by Gasteiger charge is 2.31. The fourth-order valence-corrected chi connectivity index (χ4v) is 2.29. The molecule has 0 radical (unpaired) electrons. The Morgan fingerprint density at radius 3 is 2.64 bits per heavy atom. The molecule has 2 aromatic rings. The summed E-state index contributed by atoms with van der Waals surface area (Å²) in [5.74, 6) is 0.449. The van der Waals surface area contributed by atoms with Crippen LogP contribution < -0.4 is 4.74 Å².